The van der Waals surface area contributed by atoms with Crippen LogP contribution in [0.1, 0.15) is 32.8 Å². The van der Waals surface area contributed by atoms with Crippen LogP contribution in [0.15, 0.2) is 11.0 Å². The summed E-state index contributed by atoms with van der Waals surface area (Å²) in [5.74, 6) is 0. The van der Waals surface area contributed by atoms with Crippen molar-refractivity contribution in [1.29, 1.82) is 0 Å². The van der Waals surface area contributed by atoms with Crippen molar-refractivity contribution in [2.24, 2.45) is 5.73 Å². The number of nitrogens with one attached hydrogen (secondary N) is 1. The molecule has 0 unspecified atom stereocenters. The molecule has 1 aromatic heterocycles. The van der Waals surface area contributed by atoms with Gasteiger partial charge in [-0.05, 0) is 40.2 Å². The van der Waals surface area contributed by atoms with E-state index < -0.39 is 0 Å². The lowest BCUT2D eigenvalue weighted by Gasteiger charge is -2.18. The number of hydrogen-bond donors (Lipinski definition) is 2. The van der Waals surface area contributed by atoms with Gasteiger partial charge in [0.25, 0.3) is 5.56 Å². The molecular weight excluding hydrogens is 178 g/mol. The molecule has 0 aliphatic heterocycles. The zero-order chi connectivity index (χ0) is 10.8. The molecular formula is C10H19N3O. The lowest BCUT2D eigenvalue weighted by atomic mass is 10.1. The molecule has 1 heterocycles. The van der Waals surface area contributed by atoms with E-state index >= 15 is 0 Å². The first kappa shape index (κ1) is 11.0. The fourth-order valence-electron chi connectivity index (χ4n) is 1.38. The Balaban J connectivity index is 2.92. The van der Waals surface area contributed by atoms with Crippen LogP contribution in [0, 0.1) is 0 Å². The minimum Gasteiger partial charge on any atom is -0.330 e. The van der Waals surface area contributed by atoms with Gasteiger partial charge in [-0.1, -0.05) is 0 Å². The second kappa shape index (κ2) is 4.00. The minimum absolute atomic E-state index is 0.0750. The van der Waals surface area contributed by atoms with Crippen LogP contribution < -0.4 is 11.3 Å². The number of aryl methyl sites for hydroxylation is 1. The van der Waals surface area contributed by atoms with Crippen LogP contribution in [0.25, 0.3) is 0 Å². The fourth-order valence-corrected chi connectivity index (χ4v) is 1.38. The average molecular weight is 197 g/mol. The van der Waals surface area contributed by atoms with Crippen LogP contribution in [-0.4, -0.2) is 16.3 Å². The van der Waals surface area contributed by atoms with Crippen LogP contribution in [0.2, 0.25) is 0 Å². The van der Waals surface area contributed by atoms with E-state index in [-0.39, 0.29) is 11.1 Å². The van der Waals surface area contributed by atoms with Crippen molar-refractivity contribution in [3.63, 3.8) is 0 Å². The average Bonchev–Trinajstić information content (AvgIpc) is 2.42. The van der Waals surface area contributed by atoms with Crippen molar-refractivity contribution in [1.82, 2.24) is 9.78 Å². The van der Waals surface area contributed by atoms with Crippen LogP contribution in [-0.2, 0) is 12.0 Å². The Morgan fingerprint density at radius 3 is 2.57 bits per heavy atom. The number of rotatable bonds is 3. The standard InChI is InChI=1S/C10H19N3O/c1-10(2,3)13-9(14)8(7-12-13)5-4-6-11/h7,12H,4-6,11H2,1-3H3. The predicted molar refractivity (Wildman–Crippen MR) is 57.4 cm³/mol. The summed E-state index contributed by atoms with van der Waals surface area (Å²) in [6.07, 6.45) is 3.40. The van der Waals surface area contributed by atoms with Gasteiger partial charge in [-0.3, -0.25) is 4.79 Å². The van der Waals surface area contributed by atoms with Crippen LogP contribution in [0.5, 0.6) is 0 Å². The maximum atomic E-state index is 11.8. The summed E-state index contributed by atoms with van der Waals surface area (Å²) in [6.45, 7) is 6.62. The summed E-state index contributed by atoms with van der Waals surface area (Å²) in [6, 6.07) is 0. The van der Waals surface area contributed by atoms with E-state index in [9.17, 15) is 4.79 Å². The summed E-state index contributed by atoms with van der Waals surface area (Å²) >= 11 is 0. The van der Waals surface area contributed by atoms with Gasteiger partial charge >= 0.3 is 0 Å². The van der Waals surface area contributed by atoms with E-state index in [1.54, 1.807) is 10.9 Å². The summed E-state index contributed by atoms with van der Waals surface area (Å²) in [7, 11) is 0. The van der Waals surface area contributed by atoms with E-state index in [0.29, 0.717) is 6.54 Å². The van der Waals surface area contributed by atoms with Gasteiger partial charge in [-0.2, -0.15) is 0 Å². The van der Waals surface area contributed by atoms with Gasteiger partial charge < -0.3 is 10.8 Å². The summed E-state index contributed by atoms with van der Waals surface area (Å²) < 4.78 is 1.65. The normalized spacial score (nSPS) is 12.0. The number of nitrogens with zero attached hydrogens (tertiary/aromatic N) is 1. The van der Waals surface area contributed by atoms with Crippen molar-refractivity contribution in [3.8, 4) is 0 Å². The first-order chi connectivity index (χ1) is 6.46. The summed E-state index contributed by atoms with van der Waals surface area (Å²) in [4.78, 5) is 11.8. The fraction of sp³-hybridized carbons (Fsp3) is 0.700. The highest BCUT2D eigenvalue weighted by atomic mass is 16.1. The van der Waals surface area contributed by atoms with Gasteiger partial charge in [-0.15, -0.1) is 0 Å². The van der Waals surface area contributed by atoms with Crippen molar-refractivity contribution in [2.45, 2.75) is 39.2 Å². The Morgan fingerprint density at radius 2 is 2.14 bits per heavy atom. The van der Waals surface area contributed by atoms with Crippen LogP contribution in [0.4, 0.5) is 0 Å². The molecule has 0 aliphatic rings. The highest BCUT2D eigenvalue weighted by molar-refractivity contribution is 5.06. The summed E-state index contributed by atoms with van der Waals surface area (Å²) in [5.41, 5.74) is 6.12. The highest BCUT2D eigenvalue weighted by Gasteiger charge is 2.17. The highest BCUT2D eigenvalue weighted by Crippen LogP contribution is 2.09. The van der Waals surface area contributed by atoms with Crippen molar-refractivity contribution >= 4 is 0 Å². The third kappa shape index (κ3) is 2.26. The van der Waals surface area contributed by atoms with Crippen LogP contribution in [0.3, 0.4) is 0 Å². The van der Waals surface area contributed by atoms with Gasteiger partial charge in [0.2, 0.25) is 0 Å². The van der Waals surface area contributed by atoms with Gasteiger partial charge in [0.1, 0.15) is 0 Å². The maximum Gasteiger partial charge on any atom is 0.270 e. The Labute approximate surface area is 84.1 Å². The van der Waals surface area contributed by atoms with Gasteiger partial charge in [0.05, 0.1) is 5.54 Å². The quantitative estimate of drug-likeness (QED) is 0.753. The molecule has 3 N–H and O–H groups in total. The third-order valence-corrected chi connectivity index (χ3v) is 2.17. The zero-order valence-electron chi connectivity index (χ0n) is 9.13. The lowest BCUT2D eigenvalue weighted by Crippen LogP contribution is -2.33. The monoisotopic (exact) mass is 197 g/mol. The van der Waals surface area contributed by atoms with Crippen molar-refractivity contribution < 1.29 is 0 Å². The van der Waals surface area contributed by atoms with E-state index in [2.05, 4.69) is 5.10 Å². The molecule has 0 atom stereocenters. The molecule has 1 rings (SSSR count). The van der Waals surface area contributed by atoms with E-state index in [1.807, 2.05) is 20.8 Å². The molecule has 80 valence electrons. The molecule has 0 spiro atoms. The Morgan fingerprint density at radius 1 is 1.50 bits per heavy atom. The van der Waals surface area contributed by atoms with Gasteiger partial charge in [0, 0.05) is 11.8 Å². The lowest BCUT2D eigenvalue weighted by molar-refractivity contribution is 0.345. The van der Waals surface area contributed by atoms with E-state index in [1.165, 1.54) is 0 Å². The smallest absolute Gasteiger partial charge is 0.270 e. The molecule has 0 saturated heterocycles. The number of H-pyrrole nitrogens is 1. The summed E-state index contributed by atoms with van der Waals surface area (Å²) in [5, 5.41) is 2.99. The molecule has 4 nitrogen and oxygen atoms in total. The Hall–Kier alpha value is -1.03. The van der Waals surface area contributed by atoms with Gasteiger partial charge in [-0.25, -0.2) is 4.68 Å². The zero-order valence-corrected chi connectivity index (χ0v) is 9.13. The molecule has 1 aromatic rings. The second-order valence-electron chi connectivity index (χ2n) is 4.50. The second-order valence-corrected chi connectivity index (χ2v) is 4.50. The topological polar surface area (TPSA) is 63.8 Å². The Kier molecular flexibility index (Phi) is 3.16. The largest absolute Gasteiger partial charge is 0.330 e. The van der Waals surface area contributed by atoms with E-state index in [0.717, 1.165) is 18.4 Å². The SMILES string of the molecule is CC(C)(C)n1[nH]cc(CCCN)c1=O. The molecule has 14 heavy (non-hydrogen) atoms. The molecule has 0 aromatic carbocycles. The first-order valence-electron chi connectivity index (χ1n) is 4.96. The molecule has 0 bridgehead atoms. The first-order valence-corrected chi connectivity index (χ1v) is 4.96. The molecule has 0 radical (unpaired) electrons. The molecule has 0 saturated carbocycles. The number of nitrogens with two attached hydrogens (primary N) is 1. The van der Waals surface area contributed by atoms with Crippen molar-refractivity contribution in [2.75, 3.05) is 6.54 Å². The maximum absolute atomic E-state index is 11.8. The predicted octanol–water partition coefficient (Wildman–Crippen LogP) is 0.823. The molecule has 0 amide bonds. The molecule has 4 heteroatoms. The molecule has 0 aliphatic carbocycles. The van der Waals surface area contributed by atoms with Gasteiger partial charge in [0.15, 0.2) is 0 Å². The number of hydrogen-bond acceptors (Lipinski definition) is 2. The van der Waals surface area contributed by atoms with Crippen molar-refractivity contribution in [3.05, 3.63) is 22.1 Å². The minimum atomic E-state index is -0.182. The van der Waals surface area contributed by atoms with E-state index in [4.69, 9.17) is 5.73 Å². The number of aromatic amines is 1. The Bertz CT molecular complexity index is 343. The molecule has 0 fully saturated rings. The van der Waals surface area contributed by atoms with Crippen LogP contribution >= 0.6 is 0 Å². The third-order valence-electron chi connectivity index (χ3n) is 2.17. The number of aromatic nitrogens is 2.